The summed E-state index contributed by atoms with van der Waals surface area (Å²) in [6.07, 6.45) is -6.20. The standard InChI is InChI=1S/C16H27N3OS.2C2HF3O2/c1-13-15(21-12-17-13)9-19-6-4-16(5-7-19)8-14(10-20-3)18(2)11-16;2*3-2(4,5)1(6)7/h12,14H,4-11H2,1-3H3;2*(H,6,7). The van der Waals surface area contributed by atoms with Crippen molar-refractivity contribution in [3.8, 4) is 0 Å². The Hall–Kier alpha value is -1.97. The topological polar surface area (TPSA) is 103 Å². The molecule has 1 aromatic heterocycles. The molecule has 0 amide bonds. The van der Waals surface area contributed by atoms with Crippen molar-refractivity contribution in [2.45, 2.75) is 51.1 Å². The molecule has 2 saturated heterocycles. The Labute approximate surface area is 202 Å². The Morgan fingerprint density at radius 2 is 1.63 bits per heavy atom. The summed E-state index contributed by atoms with van der Waals surface area (Å²) in [5.41, 5.74) is 3.72. The fourth-order valence-corrected chi connectivity index (χ4v) is 4.80. The summed E-state index contributed by atoms with van der Waals surface area (Å²) < 4.78 is 68.8. The molecule has 0 aromatic carbocycles. The van der Waals surface area contributed by atoms with Crippen molar-refractivity contribution in [3.63, 3.8) is 0 Å². The molecule has 1 unspecified atom stereocenters. The van der Waals surface area contributed by atoms with Gasteiger partial charge in [-0.05, 0) is 51.7 Å². The van der Waals surface area contributed by atoms with Gasteiger partial charge in [-0.25, -0.2) is 14.6 Å². The van der Waals surface area contributed by atoms with Crippen molar-refractivity contribution in [1.82, 2.24) is 14.8 Å². The molecule has 15 heteroatoms. The Morgan fingerprint density at radius 3 is 2.00 bits per heavy atom. The number of halogens is 6. The average molecular weight is 538 g/mol. The van der Waals surface area contributed by atoms with Crippen LogP contribution in [-0.2, 0) is 20.9 Å². The van der Waals surface area contributed by atoms with E-state index in [0.29, 0.717) is 11.5 Å². The van der Waals surface area contributed by atoms with Crippen molar-refractivity contribution >= 4 is 23.3 Å². The van der Waals surface area contributed by atoms with Crippen molar-refractivity contribution in [3.05, 3.63) is 16.1 Å². The number of ether oxygens (including phenoxy) is 1. The first-order valence-electron chi connectivity index (χ1n) is 10.4. The van der Waals surface area contributed by atoms with Crippen LogP contribution in [0.3, 0.4) is 0 Å². The zero-order chi connectivity index (χ0) is 27.0. The van der Waals surface area contributed by atoms with Crippen LogP contribution in [0.1, 0.15) is 29.8 Å². The van der Waals surface area contributed by atoms with Crippen LogP contribution in [0.2, 0.25) is 0 Å². The van der Waals surface area contributed by atoms with E-state index in [-0.39, 0.29) is 0 Å². The maximum absolute atomic E-state index is 10.6. The van der Waals surface area contributed by atoms with Gasteiger partial charge in [0.2, 0.25) is 0 Å². The van der Waals surface area contributed by atoms with Gasteiger partial charge in [-0.2, -0.15) is 26.3 Å². The minimum atomic E-state index is -5.08. The van der Waals surface area contributed by atoms with Crippen LogP contribution in [0.25, 0.3) is 0 Å². The third kappa shape index (κ3) is 10.3. The zero-order valence-corrected chi connectivity index (χ0v) is 20.3. The number of hydrogen-bond acceptors (Lipinski definition) is 7. The third-order valence-corrected chi connectivity index (χ3v) is 6.77. The number of alkyl halides is 6. The second-order valence-electron chi connectivity index (χ2n) is 8.47. The van der Waals surface area contributed by atoms with Crippen molar-refractivity contribution in [2.24, 2.45) is 5.41 Å². The number of aromatic nitrogens is 1. The first kappa shape index (κ1) is 31.1. The number of likely N-dealkylation sites (N-methyl/N-ethyl adjacent to an activating group) is 1. The average Bonchev–Trinajstić information content (AvgIpc) is 3.26. The molecule has 0 radical (unpaired) electrons. The van der Waals surface area contributed by atoms with Gasteiger partial charge in [0, 0.05) is 31.1 Å². The van der Waals surface area contributed by atoms with Crippen LogP contribution in [0.5, 0.6) is 0 Å². The lowest BCUT2D eigenvalue weighted by Crippen LogP contribution is -2.40. The van der Waals surface area contributed by atoms with Crippen LogP contribution < -0.4 is 0 Å². The summed E-state index contributed by atoms with van der Waals surface area (Å²) in [5, 5.41) is 14.2. The van der Waals surface area contributed by atoms with Crippen molar-refractivity contribution in [1.29, 1.82) is 0 Å². The molecule has 8 nitrogen and oxygen atoms in total. The minimum absolute atomic E-state index is 0.539. The van der Waals surface area contributed by atoms with Gasteiger partial charge < -0.3 is 19.8 Å². The third-order valence-electron chi connectivity index (χ3n) is 5.85. The van der Waals surface area contributed by atoms with Gasteiger partial charge in [0.05, 0.1) is 17.8 Å². The number of hydrogen-bond donors (Lipinski definition) is 2. The normalized spacial score (nSPS) is 20.5. The predicted molar refractivity (Wildman–Crippen MR) is 114 cm³/mol. The molecule has 2 N–H and O–H groups in total. The fourth-order valence-electron chi connectivity index (χ4n) is 3.99. The Bertz CT molecular complexity index is 801. The van der Waals surface area contributed by atoms with E-state index in [9.17, 15) is 26.3 Å². The second-order valence-corrected chi connectivity index (χ2v) is 9.41. The highest BCUT2D eigenvalue weighted by Crippen LogP contribution is 2.43. The van der Waals surface area contributed by atoms with Gasteiger partial charge in [0.15, 0.2) is 0 Å². The number of rotatable bonds is 4. The summed E-state index contributed by atoms with van der Waals surface area (Å²) in [6.45, 7) is 7.79. The molecule has 3 rings (SSSR count). The Balaban J connectivity index is 0.000000362. The maximum Gasteiger partial charge on any atom is 0.490 e. The van der Waals surface area contributed by atoms with Crippen LogP contribution in [-0.4, -0.2) is 95.7 Å². The molecule has 0 bridgehead atoms. The van der Waals surface area contributed by atoms with Gasteiger partial charge in [-0.1, -0.05) is 0 Å². The summed E-state index contributed by atoms with van der Waals surface area (Å²) in [6, 6.07) is 0.616. The Morgan fingerprint density at radius 1 is 1.14 bits per heavy atom. The highest BCUT2D eigenvalue weighted by molar-refractivity contribution is 7.09. The molecule has 2 aliphatic heterocycles. The predicted octanol–water partition coefficient (Wildman–Crippen LogP) is 3.65. The number of aliphatic carboxylic acids is 2. The van der Waals surface area contributed by atoms with Gasteiger partial charge in [-0.15, -0.1) is 11.3 Å². The molecule has 0 saturated carbocycles. The van der Waals surface area contributed by atoms with E-state index in [4.69, 9.17) is 24.5 Å². The number of aryl methyl sites for hydroxylation is 1. The molecule has 35 heavy (non-hydrogen) atoms. The van der Waals surface area contributed by atoms with E-state index in [0.717, 1.165) is 13.2 Å². The number of nitrogens with zero attached hydrogens (tertiary/aromatic N) is 3. The van der Waals surface area contributed by atoms with E-state index in [1.807, 2.05) is 12.6 Å². The number of carbonyl (C=O) groups is 2. The zero-order valence-electron chi connectivity index (χ0n) is 19.4. The number of piperidine rings is 1. The SMILES string of the molecule is COCC1CC2(CCN(Cc3scnc3C)CC2)CN1C.O=C(O)C(F)(F)F.O=C(O)C(F)(F)F. The van der Waals surface area contributed by atoms with E-state index >= 15 is 0 Å². The molecule has 1 spiro atoms. The van der Waals surface area contributed by atoms with Gasteiger partial charge >= 0.3 is 24.3 Å². The number of methoxy groups -OCH3 is 1. The number of thiazole rings is 1. The molecule has 1 atom stereocenters. The van der Waals surface area contributed by atoms with E-state index < -0.39 is 24.3 Å². The molecule has 202 valence electrons. The summed E-state index contributed by atoms with van der Waals surface area (Å²) in [4.78, 5) is 28.7. The van der Waals surface area contributed by atoms with Crippen molar-refractivity contribution in [2.75, 3.05) is 40.4 Å². The second kappa shape index (κ2) is 12.8. The summed E-state index contributed by atoms with van der Waals surface area (Å²) >= 11 is 1.80. The molecule has 2 fully saturated rings. The molecule has 1 aromatic rings. The number of likely N-dealkylation sites (tertiary alicyclic amines) is 2. The quantitative estimate of drug-likeness (QED) is 0.562. The van der Waals surface area contributed by atoms with Crippen LogP contribution in [0.15, 0.2) is 5.51 Å². The minimum Gasteiger partial charge on any atom is -0.475 e. The lowest BCUT2D eigenvalue weighted by molar-refractivity contribution is -0.193. The lowest BCUT2D eigenvalue weighted by Gasteiger charge is -2.39. The molecular weight excluding hydrogens is 508 g/mol. The van der Waals surface area contributed by atoms with E-state index in [1.165, 1.54) is 49.5 Å². The van der Waals surface area contributed by atoms with Gasteiger partial charge in [-0.3, -0.25) is 4.90 Å². The van der Waals surface area contributed by atoms with Crippen LogP contribution in [0, 0.1) is 12.3 Å². The fraction of sp³-hybridized carbons (Fsp3) is 0.750. The van der Waals surface area contributed by atoms with Gasteiger partial charge in [0.25, 0.3) is 0 Å². The molecule has 0 aliphatic carbocycles. The molecule has 3 heterocycles. The number of carboxylic acid groups (broad SMARTS) is 2. The molecule has 2 aliphatic rings. The van der Waals surface area contributed by atoms with Crippen LogP contribution in [0.4, 0.5) is 26.3 Å². The van der Waals surface area contributed by atoms with Gasteiger partial charge in [0.1, 0.15) is 0 Å². The monoisotopic (exact) mass is 537 g/mol. The first-order chi connectivity index (χ1) is 16.0. The summed E-state index contributed by atoms with van der Waals surface area (Å²) in [5.74, 6) is -5.51. The summed E-state index contributed by atoms with van der Waals surface area (Å²) in [7, 11) is 4.07. The van der Waals surface area contributed by atoms with E-state index in [1.54, 1.807) is 11.3 Å². The molecular formula is C20H29F6N3O5S. The highest BCUT2D eigenvalue weighted by Gasteiger charge is 2.44. The number of carboxylic acids is 2. The highest BCUT2D eigenvalue weighted by atomic mass is 32.1. The Kier molecular flexibility index (Phi) is 11.4. The maximum atomic E-state index is 10.6. The largest absolute Gasteiger partial charge is 0.490 e. The first-order valence-corrected chi connectivity index (χ1v) is 11.3. The van der Waals surface area contributed by atoms with Crippen LogP contribution >= 0.6 is 11.3 Å². The lowest BCUT2D eigenvalue weighted by atomic mass is 9.76. The van der Waals surface area contributed by atoms with Crippen molar-refractivity contribution < 1.29 is 50.9 Å². The van der Waals surface area contributed by atoms with E-state index in [2.05, 4.69) is 28.8 Å². The smallest absolute Gasteiger partial charge is 0.475 e.